The molecular formula is C19H19N3O3. The first-order valence-electron chi connectivity index (χ1n) is 7.96. The van der Waals surface area contributed by atoms with Crippen LogP contribution in [-0.4, -0.2) is 18.5 Å². The number of hydrogen-bond donors (Lipinski definition) is 3. The summed E-state index contributed by atoms with van der Waals surface area (Å²) in [5, 5.41) is 6.00. The molecule has 0 spiro atoms. The lowest BCUT2D eigenvalue weighted by Crippen LogP contribution is -2.09. The van der Waals surface area contributed by atoms with E-state index in [-0.39, 0.29) is 11.9 Å². The number of fused-ring (bicyclic) bond motifs is 1. The molecule has 1 aliphatic heterocycles. The Bertz CT molecular complexity index is 887. The average molecular weight is 337 g/mol. The van der Waals surface area contributed by atoms with Gasteiger partial charge in [-0.2, -0.15) is 0 Å². The van der Waals surface area contributed by atoms with Crippen molar-refractivity contribution in [2.45, 2.75) is 13.8 Å². The summed E-state index contributed by atoms with van der Waals surface area (Å²) in [6.45, 7) is 3.89. The Kier molecular flexibility index (Phi) is 4.43. The topological polar surface area (TPSA) is 93.4 Å². The average Bonchev–Trinajstić information content (AvgIpc) is 2.90. The molecule has 0 aliphatic carbocycles. The zero-order valence-corrected chi connectivity index (χ0v) is 14.1. The van der Waals surface area contributed by atoms with Crippen LogP contribution in [0, 0.1) is 0 Å². The molecule has 25 heavy (non-hydrogen) atoms. The van der Waals surface area contributed by atoms with Gasteiger partial charge in [0.2, 0.25) is 0 Å². The Balaban J connectivity index is 1.92. The minimum atomic E-state index is -0.381. The van der Waals surface area contributed by atoms with E-state index >= 15 is 0 Å². The van der Waals surface area contributed by atoms with Crippen LogP contribution in [0.1, 0.15) is 29.8 Å². The Labute approximate surface area is 145 Å². The largest absolute Gasteiger partial charge is 0.462 e. The van der Waals surface area contributed by atoms with E-state index in [1.165, 1.54) is 0 Å². The summed E-state index contributed by atoms with van der Waals surface area (Å²) in [4.78, 5) is 24.2. The van der Waals surface area contributed by atoms with Crippen LogP contribution in [0.4, 0.5) is 17.1 Å². The zero-order valence-electron chi connectivity index (χ0n) is 14.1. The number of benzene rings is 2. The van der Waals surface area contributed by atoms with Gasteiger partial charge in [-0.05, 0) is 50.2 Å². The number of ether oxygens (including phenoxy) is 1. The number of hydrogen-bond acceptors (Lipinski definition) is 5. The van der Waals surface area contributed by atoms with Crippen LogP contribution in [0.2, 0.25) is 0 Å². The molecule has 1 aliphatic rings. The maximum atomic E-state index is 12.3. The Hall–Kier alpha value is -3.28. The van der Waals surface area contributed by atoms with Crippen LogP contribution in [0.15, 0.2) is 48.2 Å². The minimum Gasteiger partial charge on any atom is -0.462 e. The van der Waals surface area contributed by atoms with Crippen LogP contribution >= 0.6 is 0 Å². The minimum absolute atomic E-state index is 0.188. The highest BCUT2D eigenvalue weighted by Gasteiger charge is 2.26. The number of rotatable bonds is 4. The maximum absolute atomic E-state index is 12.3. The van der Waals surface area contributed by atoms with Crippen molar-refractivity contribution >= 4 is 34.5 Å². The first-order valence-corrected chi connectivity index (χ1v) is 7.96. The van der Waals surface area contributed by atoms with Gasteiger partial charge in [0.1, 0.15) is 0 Å². The highest BCUT2D eigenvalue weighted by Crippen LogP contribution is 2.35. The molecule has 0 saturated carbocycles. The van der Waals surface area contributed by atoms with Crippen molar-refractivity contribution in [3.63, 3.8) is 0 Å². The number of allylic oxidation sites excluding steroid dienone is 1. The number of carbonyl (C=O) groups excluding carboxylic acids is 2. The third-order valence-corrected chi connectivity index (χ3v) is 3.87. The summed E-state index contributed by atoms with van der Waals surface area (Å²) in [5.74, 6) is -0.569. The van der Waals surface area contributed by atoms with Crippen molar-refractivity contribution in [3.05, 3.63) is 59.3 Å². The lowest BCUT2D eigenvalue weighted by Gasteiger charge is -2.11. The highest BCUT2D eigenvalue weighted by molar-refractivity contribution is 6.32. The van der Waals surface area contributed by atoms with Crippen molar-refractivity contribution in [3.8, 4) is 0 Å². The summed E-state index contributed by atoms with van der Waals surface area (Å²) in [6.07, 6.45) is 0. The van der Waals surface area contributed by atoms with Gasteiger partial charge in [0.05, 0.1) is 17.7 Å². The van der Waals surface area contributed by atoms with Crippen LogP contribution in [0.3, 0.4) is 0 Å². The maximum Gasteiger partial charge on any atom is 0.338 e. The Morgan fingerprint density at radius 3 is 2.80 bits per heavy atom. The molecule has 2 aromatic rings. The zero-order chi connectivity index (χ0) is 18.0. The van der Waals surface area contributed by atoms with E-state index in [4.69, 9.17) is 10.5 Å². The molecule has 1 amide bonds. The van der Waals surface area contributed by atoms with E-state index in [1.807, 2.05) is 13.0 Å². The van der Waals surface area contributed by atoms with Gasteiger partial charge in [0.25, 0.3) is 5.91 Å². The third-order valence-electron chi connectivity index (χ3n) is 3.87. The first kappa shape index (κ1) is 16.6. The van der Waals surface area contributed by atoms with E-state index in [2.05, 4.69) is 10.6 Å². The quantitative estimate of drug-likeness (QED) is 0.452. The number of nitrogens with one attached hydrogen (secondary N) is 2. The lowest BCUT2D eigenvalue weighted by molar-refractivity contribution is -0.110. The van der Waals surface area contributed by atoms with Gasteiger partial charge in [-0.25, -0.2) is 4.79 Å². The molecule has 128 valence electrons. The molecule has 0 bridgehead atoms. The fourth-order valence-electron chi connectivity index (χ4n) is 2.77. The molecule has 0 saturated heterocycles. The predicted molar refractivity (Wildman–Crippen MR) is 98.1 cm³/mol. The standard InChI is InChI=1S/C19H19N3O3/c1-3-25-19(24)12-5-4-6-14(9-12)21-11(2)17-15-10-13(20)7-8-16(15)22-18(17)23/h4-10,21H,3,20H2,1-2H3,(H,22,23)/b17-11-. The van der Waals surface area contributed by atoms with Gasteiger partial charge >= 0.3 is 5.97 Å². The van der Waals surface area contributed by atoms with Gasteiger partial charge in [-0.3, -0.25) is 4.79 Å². The summed E-state index contributed by atoms with van der Waals surface area (Å²) in [7, 11) is 0. The number of amides is 1. The SMILES string of the molecule is CCOC(=O)c1cccc(N/C(C)=C2\C(=O)Nc3ccc(N)cc32)c1. The first-order chi connectivity index (χ1) is 12.0. The van der Waals surface area contributed by atoms with Gasteiger partial charge in [-0.1, -0.05) is 6.07 Å². The molecule has 1 heterocycles. The second-order valence-electron chi connectivity index (χ2n) is 5.69. The fraction of sp³-hybridized carbons (Fsp3) is 0.158. The Morgan fingerprint density at radius 2 is 2.04 bits per heavy atom. The predicted octanol–water partition coefficient (Wildman–Crippen LogP) is 3.24. The normalized spacial score (nSPS) is 14.6. The Morgan fingerprint density at radius 1 is 1.24 bits per heavy atom. The molecule has 3 rings (SSSR count). The number of nitrogen functional groups attached to an aromatic ring is 1. The molecule has 0 unspecified atom stereocenters. The summed E-state index contributed by atoms with van der Waals surface area (Å²) >= 11 is 0. The summed E-state index contributed by atoms with van der Waals surface area (Å²) in [6, 6.07) is 12.2. The van der Waals surface area contributed by atoms with Crippen LogP contribution in [0.25, 0.3) is 5.57 Å². The number of nitrogens with two attached hydrogens (primary N) is 1. The van der Waals surface area contributed by atoms with Crippen molar-refractivity contribution in [1.82, 2.24) is 0 Å². The molecule has 0 aromatic heterocycles. The molecule has 6 heteroatoms. The molecule has 4 N–H and O–H groups in total. The molecule has 0 radical (unpaired) electrons. The van der Waals surface area contributed by atoms with Crippen molar-refractivity contribution in [2.75, 3.05) is 23.0 Å². The van der Waals surface area contributed by atoms with Gasteiger partial charge < -0.3 is 21.1 Å². The van der Waals surface area contributed by atoms with E-state index in [9.17, 15) is 9.59 Å². The van der Waals surface area contributed by atoms with Gasteiger partial charge in [0, 0.05) is 28.3 Å². The van der Waals surface area contributed by atoms with E-state index < -0.39 is 0 Å². The number of esters is 1. The van der Waals surface area contributed by atoms with Crippen LogP contribution in [-0.2, 0) is 9.53 Å². The van der Waals surface area contributed by atoms with Gasteiger partial charge in [0.15, 0.2) is 0 Å². The monoisotopic (exact) mass is 337 g/mol. The summed E-state index contributed by atoms with van der Waals surface area (Å²) < 4.78 is 5.01. The molecule has 6 nitrogen and oxygen atoms in total. The smallest absolute Gasteiger partial charge is 0.338 e. The number of anilines is 3. The van der Waals surface area contributed by atoms with Crippen LogP contribution in [0.5, 0.6) is 0 Å². The molecule has 0 fully saturated rings. The van der Waals surface area contributed by atoms with E-state index in [0.717, 1.165) is 11.3 Å². The van der Waals surface area contributed by atoms with Crippen LogP contribution < -0.4 is 16.4 Å². The second kappa shape index (κ2) is 6.68. The number of carbonyl (C=O) groups is 2. The molecule has 0 atom stereocenters. The van der Waals surface area contributed by atoms with Crippen molar-refractivity contribution in [2.24, 2.45) is 0 Å². The highest BCUT2D eigenvalue weighted by atomic mass is 16.5. The van der Waals surface area contributed by atoms with E-state index in [0.29, 0.717) is 34.8 Å². The van der Waals surface area contributed by atoms with Crippen molar-refractivity contribution < 1.29 is 14.3 Å². The molecular weight excluding hydrogens is 318 g/mol. The lowest BCUT2D eigenvalue weighted by atomic mass is 10.0. The van der Waals surface area contributed by atoms with Crippen molar-refractivity contribution in [1.29, 1.82) is 0 Å². The summed E-state index contributed by atoms with van der Waals surface area (Å²) in [5.41, 5.74) is 10.3. The second-order valence-corrected chi connectivity index (χ2v) is 5.69. The molecule has 2 aromatic carbocycles. The van der Waals surface area contributed by atoms with Gasteiger partial charge in [-0.15, -0.1) is 0 Å². The fourth-order valence-corrected chi connectivity index (χ4v) is 2.77. The van der Waals surface area contributed by atoms with E-state index in [1.54, 1.807) is 43.3 Å². The third kappa shape index (κ3) is 3.33.